The number of nitrogen functional groups attached to an aromatic ring is 1. The summed E-state index contributed by atoms with van der Waals surface area (Å²) >= 11 is 11.9. The van der Waals surface area contributed by atoms with Gasteiger partial charge in [0.15, 0.2) is 5.82 Å². The Kier molecular flexibility index (Phi) is 4.46. The Hall–Kier alpha value is -1.79. The van der Waals surface area contributed by atoms with Gasteiger partial charge in [-0.1, -0.05) is 23.2 Å². The maximum absolute atomic E-state index is 12.1. The van der Waals surface area contributed by atoms with Gasteiger partial charge >= 0.3 is 0 Å². The molecule has 0 aliphatic heterocycles. The van der Waals surface area contributed by atoms with Crippen LogP contribution in [0.3, 0.4) is 0 Å². The minimum absolute atomic E-state index is 0.176. The van der Waals surface area contributed by atoms with Crippen LogP contribution in [-0.2, 0) is 13.1 Å². The number of aryl methyl sites for hydroxylation is 1. The largest absolute Gasteiger partial charge is 0.399 e. The number of halogens is 2. The van der Waals surface area contributed by atoms with Gasteiger partial charge in [0.1, 0.15) is 6.33 Å². The third-order valence-electron chi connectivity index (χ3n) is 2.74. The van der Waals surface area contributed by atoms with Gasteiger partial charge in [0.25, 0.3) is 5.91 Å². The first-order valence-corrected chi connectivity index (χ1v) is 6.68. The van der Waals surface area contributed by atoms with Gasteiger partial charge in [0.05, 0.1) is 22.2 Å². The average Bonchev–Trinajstić information content (AvgIpc) is 2.87. The summed E-state index contributed by atoms with van der Waals surface area (Å²) in [6.45, 7) is 2.93. The van der Waals surface area contributed by atoms with Crippen LogP contribution in [-0.4, -0.2) is 20.7 Å². The van der Waals surface area contributed by atoms with Gasteiger partial charge in [0.2, 0.25) is 0 Å². The normalized spacial score (nSPS) is 10.6. The molecule has 8 heteroatoms. The zero-order valence-electron chi connectivity index (χ0n) is 10.7. The van der Waals surface area contributed by atoms with E-state index in [9.17, 15) is 4.79 Å². The SMILES string of the molecule is CCn1cnnc1CNC(=O)c1cc(N)cc(Cl)c1Cl. The van der Waals surface area contributed by atoms with E-state index in [1.54, 1.807) is 6.33 Å². The summed E-state index contributed by atoms with van der Waals surface area (Å²) in [5, 5.41) is 10.8. The smallest absolute Gasteiger partial charge is 0.253 e. The molecule has 106 valence electrons. The summed E-state index contributed by atoms with van der Waals surface area (Å²) in [4.78, 5) is 12.1. The Balaban J connectivity index is 2.13. The molecule has 0 spiro atoms. The van der Waals surface area contributed by atoms with Crippen LogP contribution in [0.15, 0.2) is 18.5 Å². The molecule has 0 saturated carbocycles. The number of amides is 1. The zero-order chi connectivity index (χ0) is 14.7. The van der Waals surface area contributed by atoms with E-state index in [0.29, 0.717) is 11.5 Å². The van der Waals surface area contributed by atoms with Crippen LogP contribution in [0.2, 0.25) is 10.0 Å². The topological polar surface area (TPSA) is 85.8 Å². The molecule has 0 radical (unpaired) electrons. The molecule has 1 aromatic carbocycles. The van der Waals surface area contributed by atoms with Gasteiger partial charge in [-0.15, -0.1) is 10.2 Å². The van der Waals surface area contributed by atoms with Crippen molar-refractivity contribution in [2.75, 3.05) is 5.73 Å². The Morgan fingerprint density at radius 1 is 1.45 bits per heavy atom. The molecular weight excluding hydrogens is 301 g/mol. The van der Waals surface area contributed by atoms with Crippen LogP contribution in [0, 0.1) is 0 Å². The highest BCUT2D eigenvalue weighted by molar-refractivity contribution is 6.44. The fourth-order valence-electron chi connectivity index (χ4n) is 1.71. The quantitative estimate of drug-likeness (QED) is 0.846. The van der Waals surface area contributed by atoms with E-state index >= 15 is 0 Å². The number of nitrogens with zero attached hydrogens (tertiary/aromatic N) is 3. The third kappa shape index (κ3) is 3.02. The number of nitrogens with one attached hydrogen (secondary N) is 1. The third-order valence-corrected chi connectivity index (χ3v) is 3.54. The molecule has 0 aliphatic rings. The second-order valence-corrected chi connectivity index (χ2v) is 4.87. The second kappa shape index (κ2) is 6.11. The lowest BCUT2D eigenvalue weighted by atomic mass is 10.2. The Morgan fingerprint density at radius 3 is 2.90 bits per heavy atom. The molecule has 1 heterocycles. The van der Waals surface area contributed by atoms with Gasteiger partial charge in [0, 0.05) is 12.2 Å². The van der Waals surface area contributed by atoms with Gasteiger partial charge in [-0.25, -0.2) is 0 Å². The van der Waals surface area contributed by atoms with Crippen LogP contribution in [0.4, 0.5) is 5.69 Å². The highest BCUT2D eigenvalue weighted by Gasteiger charge is 2.15. The summed E-state index contributed by atoms with van der Waals surface area (Å²) < 4.78 is 1.83. The number of carbonyl (C=O) groups excluding carboxylic acids is 1. The number of benzene rings is 1. The van der Waals surface area contributed by atoms with E-state index in [1.807, 2.05) is 11.5 Å². The molecule has 2 rings (SSSR count). The number of hydrogen-bond acceptors (Lipinski definition) is 4. The van der Waals surface area contributed by atoms with Crippen molar-refractivity contribution in [3.05, 3.63) is 39.9 Å². The van der Waals surface area contributed by atoms with Crippen molar-refractivity contribution in [3.63, 3.8) is 0 Å². The zero-order valence-corrected chi connectivity index (χ0v) is 12.2. The maximum atomic E-state index is 12.1. The lowest BCUT2D eigenvalue weighted by molar-refractivity contribution is 0.0949. The number of carbonyl (C=O) groups is 1. The van der Waals surface area contributed by atoms with E-state index in [4.69, 9.17) is 28.9 Å². The molecule has 2 aromatic rings. The lowest BCUT2D eigenvalue weighted by Crippen LogP contribution is -2.25. The van der Waals surface area contributed by atoms with Gasteiger partial charge < -0.3 is 15.6 Å². The molecule has 6 nitrogen and oxygen atoms in total. The highest BCUT2D eigenvalue weighted by atomic mass is 35.5. The highest BCUT2D eigenvalue weighted by Crippen LogP contribution is 2.28. The molecule has 0 atom stereocenters. The molecule has 0 fully saturated rings. The molecule has 1 aromatic heterocycles. The number of aromatic nitrogens is 3. The number of nitrogens with two attached hydrogens (primary N) is 1. The summed E-state index contributed by atoms with van der Waals surface area (Å²) in [5.41, 5.74) is 6.26. The molecule has 0 unspecified atom stereocenters. The Labute approximate surface area is 125 Å². The first-order chi connectivity index (χ1) is 9.52. The van der Waals surface area contributed by atoms with Crippen molar-refractivity contribution in [1.29, 1.82) is 0 Å². The summed E-state index contributed by atoms with van der Waals surface area (Å²) in [6, 6.07) is 2.97. The standard InChI is InChI=1S/C12H13Cl2N5O/c1-2-19-6-17-18-10(19)5-16-12(20)8-3-7(15)4-9(13)11(8)14/h3-4,6H,2,5,15H2,1H3,(H,16,20). The molecule has 0 saturated heterocycles. The summed E-state index contributed by atoms with van der Waals surface area (Å²) in [7, 11) is 0. The number of rotatable bonds is 4. The van der Waals surface area contributed by atoms with Gasteiger partial charge in [-0.2, -0.15) is 0 Å². The van der Waals surface area contributed by atoms with E-state index in [1.165, 1.54) is 12.1 Å². The van der Waals surface area contributed by atoms with Crippen molar-refractivity contribution in [2.24, 2.45) is 0 Å². The van der Waals surface area contributed by atoms with E-state index in [-0.39, 0.29) is 28.1 Å². The second-order valence-electron chi connectivity index (χ2n) is 4.08. The number of hydrogen-bond donors (Lipinski definition) is 2. The van der Waals surface area contributed by atoms with Crippen molar-refractivity contribution >= 4 is 34.8 Å². The van der Waals surface area contributed by atoms with Crippen LogP contribution < -0.4 is 11.1 Å². The molecule has 3 N–H and O–H groups in total. The van der Waals surface area contributed by atoms with Gasteiger partial charge in [-0.05, 0) is 19.1 Å². The first-order valence-electron chi connectivity index (χ1n) is 5.92. The van der Waals surface area contributed by atoms with Crippen LogP contribution >= 0.6 is 23.2 Å². The molecule has 0 bridgehead atoms. The Morgan fingerprint density at radius 2 is 2.20 bits per heavy atom. The molecule has 1 amide bonds. The Bertz CT molecular complexity index is 641. The van der Waals surface area contributed by atoms with Crippen molar-refractivity contribution in [3.8, 4) is 0 Å². The fourth-order valence-corrected chi connectivity index (χ4v) is 2.13. The predicted molar refractivity (Wildman–Crippen MR) is 77.7 cm³/mol. The first kappa shape index (κ1) is 14.6. The van der Waals surface area contributed by atoms with Crippen LogP contribution in [0.5, 0.6) is 0 Å². The molecule has 20 heavy (non-hydrogen) atoms. The number of anilines is 1. The van der Waals surface area contributed by atoms with Crippen molar-refractivity contribution in [1.82, 2.24) is 20.1 Å². The van der Waals surface area contributed by atoms with E-state index in [2.05, 4.69) is 15.5 Å². The lowest BCUT2D eigenvalue weighted by Gasteiger charge is -2.09. The molecular formula is C12H13Cl2N5O. The van der Waals surface area contributed by atoms with Crippen molar-refractivity contribution in [2.45, 2.75) is 20.0 Å². The summed E-state index contributed by atoms with van der Waals surface area (Å²) in [5.74, 6) is 0.293. The van der Waals surface area contributed by atoms with E-state index < -0.39 is 0 Å². The maximum Gasteiger partial charge on any atom is 0.253 e. The van der Waals surface area contributed by atoms with E-state index in [0.717, 1.165) is 6.54 Å². The fraction of sp³-hybridized carbons (Fsp3) is 0.250. The van der Waals surface area contributed by atoms with Crippen LogP contribution in [0.1, 0.15) is 23.1 Å². The predicted octanol–water partition coefficient (Wildman–Crippen LogP) is 2.12. The van der Waals surface area contributed by atoms with Gasteiger partial charge in [-0.3, -0.25) is 4.79 Å². The monoisotopic (exact) mass is 313 g/mol. The molecule has 0 aliphatic carbocycles. The minimum Gasteiger partial charge on any atom is -0.399 e. The minimum atomic E-state index is -0.366. The average molecular weight is 314 g/mol. The van der Waals surface area contributed by atoms with Crippen LogP contribution in [0.25, 0.3) is 0 Å². The summed E-state index contributed by atoms with van der Waals surface area (Å²) in [6.07, 6.45) is 1.60. The van der Waals surface area contributed by atoms with Crippen molar-refractivity contribution < 1.29 is 4.79 Å².